The number of methoxy groups -OCH3 is 2. The maximum atomic E-state index is 12.6. The van der Waals surface area contributed by atoms with Crippen molar-refractivity contribution in [3.8, 4) is 11.5 Å². The molecule has 0 radical (unpaired) electrons. The zero-order valence-corrected chi connectivity index (χ0v) is 15.2. The molecule has 0 saturated carbocycles. The molecule has 3 rings (SSSR count). The Morgan fingerprint density at radius 3 is 2.28 bits per heavy atom. The van der Waals surface area contributed by atoms with Crippen LogP contribution < -0.4 is 25.4 Å². The van der Waals surface area contributed by atoms with Crippen LogP contribution in [0.5, 0.6) is 11.5 Å². The van der Waals surface area contributed by atoms with Crippen molar-refractivity contribution in [2.45, 2.75) is 0 Å². The predicted molar refractivity (Wildman–Crippen MR) is 103 cm³/mol. The molecule has 1 aliphatic heterocycles. The summed E-state index contributed by atoms with van der Waals surface area (Å²) < 4.78 is 10.2. The second-order valence-electron chi connectivity index (χ2n) is 5.74. The summed E-state index contributed by atoms with van der Waals surface area (Å²) in [6.45, 7) is 0. The Morgan fingerprint density at radius 1 is 0.966 bits per heavy atom. The van der Waals surface area contributed by atoms with E-state index in [4.69, 9.17) is 9.47 Å². The molecule has 3 N–H and O–H groups in total. The zero-order chi connectivity index (χ0) is 21.1. The SMILES string of the molecule is COc1ccc(NC(=O)/C(=C2\Nc3ccc([N+](=O)[O-])cc3N2)[N+](=O)[O-])cc1OC. The van der Waals surface area contributed by atoms with Gasteiger partial charge in [0.15, 0.2) is 17.3 Å². The first-order chi connectivity index (χ1) is 13.8. The number of fused-ring (bicyclic) bond motifs is 1. The lowest BCUT2D eigenvalue weighted by Gasteiger charge is -2.10. The molecule has 0 unspecified atom stereocenters. The van der Waals surface area contributed by atoms with Crippen molar-refractivity contribution in [3.63, 3.8) is 0 Å². The number of amides is 1. The number of nitrogens with zero attached hydrogens (tertiary/aromatic N) is 2. The van der Waals surface area contributed by atoms with Crippen molar-refractivity contribution < 1.29 is 24.1 Å². The fourth-order valence-corrected chi connectivity index (χ4v) is 2.67. The number of benzene rings is 2. The molecule has 0 bridgehead atoms. The minimum atomic E-state index is -1.00. The Bertz CT molecular complexity index is 1050. The van der Waals surface area contributed by atoms with E-state index < -0.39 is 21.5 Å². The number of nitro groups is 2. The third-order valence-electron chi connectivity index (χ3n) is 4.01. The lowest BCUT2D eigenvalue weighted by atomic mass is 10.2. The first-order valence-electron chi connectivity index (χ1n) is 8.08. The van der Waals surface area contributed by atoms with Crippen LogP contribution in [-0.4, -0.2) is 30.0 Å². The number of ether oxygens (including phenoxy) is 2. The summed E-state index contributed by atoms with van der Waals surface area (Å²) >= 11 is 0. The number of carbonyl (C=O) groups excluding carboxylic acids is 1. The van der Waals surface area contributed by atoms with Crippen LogP contribution in [0.4, 0.5) is 22.7 Å². The van der Waals surface area contributed by atoms with Crippen LogP contribution in [0, 0.1) is 20.2 Å². The van der Waals surface area contributed by atoms with Crippen LogP contribution in [0.25, 0.3) is 0 Å². The van der Waals surface area contributed by atoms with Gasteiger partial charge in [0.2, 0.25) is 0 Å². The lowest BCUT2D eigenvalue weighted by Crippen LogP contribution is -2.24. The summed E-state index contributed by atoms with van der Waals surface area (Å²) in [5.74, 6) is -0.449. The molecule has 2 aromatic carbocycles. The van der Waals surface area contributed by atoms with Gasteiger partial charge in [0, 0.05) is 23.9 Å². The molecule has 0 atom stereocenters. The number of carbonyl (C=O) groups is 1. The Morgan fingerprint density at radius 2 is 1.66 bits per heavy atom. The van der Waals surface area contributed by atoms with Crippen molar-refractivity contribution in [2.75, 3.05) is 30.2 Å². The first-order valence-corrected chi connectivity index (χ1v) is 8.08. The molecule has 1 aliphatic rings. The van der Waals surface area contributed by atoms with Gasteiger partial charge in [0.1, 0.15) is 0 Å². The van der Waals surface area contributed by atoms with Crippen LogP contribution in [0.2, 0.25) is 0 Å². The van der Waals surface area contributed by atoms with Gasteiger partial charge in [0.25, 0.3) is 5.69 Å². The highest BCUT2D eigenvalue weighted by Gasteiger charge is 2.32. The smallest absolute Gasteiger partial charge is 0.373 e. The number of non-ortho nitro benzene ring substituents is 1. The molecule has 1 amide bonds. The first kappa shape index (κ1) is 19.4. The number of nitrogens with one attached hydrogen (secondary N) is 3. The number of nitro benzene ring substituents is 1. The van der Waals surface area contributed by atoms with E-state index in [2.05, 4.69) is 16.0 Å². The number of hydrogen-bond acceptors (Lipinski definition) is 9. The van der Waals surface area contributed by atoms with Gasteiger partial charge in [-0.3, -0.25) is 25.0 Å². The van der Waals surface area contributed by atoms with Gasteiger partial charge in [-0.2, -0.15) is 0 Å². The number of rotatable bonds is 6. The lowest BCUT2D eigenvalue weighted by molar-refractivity contribution is -0.419. The van der Waals surface area contributed by atoms with Crippen LogP contribution in [0.3, 0.4) is 0 Å². The van der Waals surface area contributed by atoms with E-state index in [0.717, 1.165) is 0 Å². The van der Waals surface area contributed by atoms with E-state index in [1.807, 2.05) is 0 Å². The van der Waals surface area contributed by atoms with Gasteiger partial charge >= 0.3 is 11.6 Å². The van der Waals surface area contributed by atoms with E-state index in [1.54, 1.807) is 0 Å². The van der Waals surface area contributed by atoms with Gasteiger partial charge in [-0.05, 0) is 18.2 Å². The maximum absolute atomic E-state index is 12.6. The Balaban J connectivity index is 1.89. The van der Waals surface area contributed by atoms with E-state index in [1.165, 1.54) is 50.6 Å². The predicted octanol–water partition coefficient (Wildman–Crippen LogP) is 2.53. The summed E-state index contributed by atoms with van der Waals surface area (Å²) in [5.41, 5.74) is -0.134. The monoisotopic (exact) mass is 401 g/mol. The zero-order valence-electron chi connectivity index (χ0n) is 15.2. The topological polar surface area (TPSA) is 158 Å². The van der Waals surface area contributed by atoms with Gasteiger partial charge < -0.3 is 25.4 Å². The number of anilines is 3. The van der Waals surface area contributed by atoms with E-state index in [9.17, 15) is 25.0 Å². The largest absolute Gasteiger partial charge is 0.493 e. The maximum Gasteiger partial charge on any atom is 0.373 e. The Hall–Kier alpha value is -4.35. The normalized spacial score (nSPS) is 13.4. The minimum Gasteiger partial charge on any atom is -0.493 e. The third kappa shape index (κ3) is 3.85. The van der Waals surface area contributed by atoms with E-state index in [-0.39, 0.29) is 22.9 Å². The second-order valence-corrected chi connectivity index (χ2v) is 5.74. The minimum absolute atomic E-state index is 0.197. The van der Waals surface area contributed by atoms with Gasteiger partial charge in [0.05, 0.1) is 35.4 Å². The molecule has 12 heteroatoms. The van der Waals surface area contributed by atoms with Crippen LogP contribution in [-0.2, 0) is 4.79 Å². The fraction of sp³-hybridized carbons (Fsp3) is 0.118. The molecule has 2 aromatic rings. The molecule has 0 spiro atoms. The van der Waals surface area contributed by atoms with Crippen molar-refractivity contribution >= 4 is 28.7 Å². The number of hydrogen-bond donors (Lipinski definition) is 3. The molecular formula is C17H15N5O7. The van der Waals surface area contributed by atoms with E-state index >= 15 is 0 Å². The molecule has 0 saturated heterocycles. The van der Waals surface area contributed by atoms with Crippen molar-refractivity contribution in [2.24, 2.45) is 0 Å². The summed E-state index contributed by atoms with van der Waals surface area (Å²) in [6.07, 6.45) is 0. The second kappa shape index (κ2) is 7.72. The highest BCUT2D eigenvalue weighted by molar-refractivity contribution is 6.04. The van der Waals surface area contributed by atoms with Gasteiger partial charge in [-0.1, -0.05) is 0 Å². The summed E-state index contributed by atoms with van der Waals surface area (Å²) in [6, 6.07) is 8.32. The standard InChI is InChI=1S/C17H15N5O7/c1-28-13-6-3-9(7-14(13)29-2)18-17(23)15(22(26)27)16-19-11-5-4-10(21(24)25)8-12(11)20-16/h3-8,19-20H,1-2H3,(H,18,23)/b16-15-. The summed E-state index contributed by atoms with van der Waals surface area (Å²) in [7, 11) is 2.86. The van der Waals surface area contributed by atoms with Crippen LogP contribution in [0.1, 0.15) is 0 Å². The highest BCUT2D eigenvalue weighted by Crippen LogP contribution is 2.35. The molecule has 150 valence electrons. The average molecular weight is 401 g/mol. The Kier molecular flexibility index (Phi) is 5.17. The van der Waals surface area contributed by atoms with Crippen molar-refractivity contribution in [1.29, 1.82) is 0 Å². The van der Waals surface area contributed by atoms with Crippen LogP contribution >= 0.6 is 0 Å². The van der Waals surface area contributed by atoms with Crippen molar-refractivity contribution in [3.05, 3.63) is 68.1 Å². The van der Waals surface area contributed by atoms with Crippen molar-refractivity contribution in [1.82, 2.24) is 0 Å². The van der Waals surface area contributed by atoms with Crippen LogP contribution in [0.15, 0.2) is 47.9 Å². The Labute approximate surface area is 163 Å². The summed E-state index contributed by atoms with van der Waals surface area (Å²) in [5, 5.41) is 30.2. The fourth-order valence-electron chi connectivity index (χ4n) is 2.67. The molecule has 0 aromatic heterocycles. The molecule has 29 heavy (non-hydrogen) atoms. The van der Waals surface area contributed by atoms with Gasteiger partial charge in [-0.15, -0.1) is 0 Å². The average Bonchev–Trinajstić information content (AvgIpc) is 3.09. The molecular weight excluding hydrogens is 386 g/mol. The summed E-state index contributed by atoms with van der Waals surface area (Å²) in [4.78, 5) is 33.5. The third-order valence-corrected chi connectivity index (χ3v) is 4.01. The highest BCUT2D eigenvalue weighted by atomic mass is 16.6. The van der Waals surface area contributed by atoms with Gasteiger partial charge in [-0.25, -0.2) is 0 Å². The molecule has 0 aliphatic carbocycles. The van der Waals surface area contributed by atoms with E-state index in [0.29, 0.717) is 17.2 Å². The molecule has 0 fully saturated rings. The molecule has 12 nitrogen and oxygen atoms in total. The quantitative estimate of drug-likeness (QED) is 0.376. The molecule has 1 heterocycles.